The summed E-state index contributed by atoms with van der Waals surface area (Å²) in [4.78, 5) is 18.6. The second-order valence-corrected chi connectivity index (χ2v) is 4.97. The molecule has 0 aliphatic carbocycles. The first kappa shape index (κ1) is 12.8. The van der Waals surface area contributed by atoms with Crippen molar-refractivity contribution < 1.29 is 9.53 Å². The van der Waals surface area contributed by atoms with E-state index in [0.29, 0.717) is 31.1 Å². The van der Waals surface area contributed by atoms with E-state index in [0.717, 1.165) is 0 Å². The molecule has 0 saturated carbocycles. The maximum absolute atomic E-state index is 12.6. The third kappa shape index (κ3) is 2.31. The van der Waals surface area contributed by atoms with Crippen molar-refractivity contribution in [2.24, 2.45) is 0 Å². The summed E-state index contributed by atoms with van der Waals surface area (Å²) in [6.45, 7) is 5.79. The van der Waals surface area contributed by atoms with E-state index in [-0.39, 0.29) is 11.4 Å². The lowest BCUT2D eigenvalue weighted by molar-refractivity contribution is -0.0370. The fourth-order valence-corrected chi connectivity index (χ4v) is 2.16. The molecule has 5 nitrogen and oxygen atoms in total. The van der Waals surface area contributed by atoms with Crippen LogP contribution in [0.4, 0.5) is 5.82 Å². The van der Waals surface area contributed by atoms with E-state index in [9.17, 15) is 4.79 Å². The zero-order valence-corrected chi connectivity index (χ0v) is 11.1. The van der Waals surface area contributed by atoms with Crippen LogP contribution < -0.4 is 5.32 Å². The second kappa shape index (κ2) is 4.94. The highest BCUT2D eigenvalue weighted by Gasteiger charge is 2.35. The lowest BCUT2D eigenvalue weighted by Gasteiger charge is -2.42. The largest absolute Gasteiger partial charge is 0.377 e. The highest BCUT2D eigenvalue weighted by atomic mass is 16.5. The van der Waals surface area contributed by atoms with Crippen molar-refractivity contribution in [2.45, 2.75) is 19.4 Å². The quantitative estimate of drug-likeness (QED) is 0.860. The van der Waals surface area contributed by atoms with E-state index in [2.05, 4.69) is 10.3 Å². The molecule has 0 bridgehead atoms. The van der Waals surface area contributed by atoms with Gasteiger partial charge in [0.25, 0.3) is 5.91 Å². The molecule has 0 aromatic carbocycles. The number of pyridine rings is 1. The molecule has 1 saturated heterocycles. The van der Waals surface area contributed by atoms with Crippen LogP contribution in [-0.4, -0.2) is 48.1 Å². The summed E-state index contributed by atoms with van der Waals surface area (Å²) >= 11 is 0. The Kier molecular flexibility index (Phi) is 3.52. The fourth-order valence-electron chi connectivity index (χ4n) is 2.16. The topological polar surface area (TPSA) is 54.5 Å². The number of aromatic nitrogens is 1. The minimum atomic E-state index is -0.282. The van der Waals surface area contributed by atoms with Gasteiger partial charge in [-0.3, -0.25) is 4.79 Å². The number of rotatable bonds is 2. The first-order valence-electron chi connectivity index (χ1n) is 6.09. The molecule has 1 aliphatic heterocycles. The zero-order chi connectivity index (χ0) is 13.2. The van der Waals surface area contributed by atoms with Gasteiger partial charge in [-0.15, -0.1) is 0 Å². The first-order chi connectivity index (χ1) is 8.56. The molecular formula is C13H19N3O2. The molecular weight excluding hydrogens is 230 g/mol. The maximum Gasteiger partial charge on any atom is 0.258 e. The number of morpholine rings is 1. The van der Waals surface area contributed by atoms with Crippen LogP contribution in [0, 0.1) is 0 Å². The molecule has 1 aliphatic rings. The maximum atomic E-state index is 12.6. The Morgan fingerprint density at radius 2 is 2.33 bits per heavy atom. The van der Waals surface area contributed by atoms with Crippen LogP contribution in [0.15, 0.2) is 18.3 Å². The third-order valence-corrected chi connectivity index (χ3v) is 3.17. The molecule has 1 aromatic heterocycles. The molecule has 0 radical (unpaired) electrons. The van der Waals surface area contributed by atoms with E-state index >= 15 is 0 Å². The van der Waals surface area contributed by atoms with Crippen LogP contribution in [0.2, 0.25) is 0 Å². The van der Waals surface area contributed by atoms with Gasteiger partial charge in [-0.1, -0.05) is 0 Å². The van der Waals surface area contributed by atoms with Crippen molar-refractivity contribution >= 4 is 11.7 Å². The summed E-state index contributed by atoms with van der Waals surface area (Å²) in [5, 5.41) is 2.95. The summed E-state index contributed by atoms with van der Waals surface area (Å²) in [6, 6.07) is 3.58. The van der Waals surface area contributed by atoms with Gasteiger partial charge in [0.05, 0.1) is 24.3 Å². The molecule has 18 heavy (non-hydrogen) atoms. The van der Waals surface area contributed by atoms with Crippen LogP contribution in [0.3, 0.4) is 0 Å². The number of carbonyl (C=O) groups is 1. The Morgan fingerprint density at radius 1 is 1.56 bits per heavy atom. The standard InChI is InChI=1S/C13H19N3O2/c1-13(2)9-18-8-7-16(13)12(17)10-5-4-6-15-11(10)14-3/h4-6H,7-9H2,1-3H3,(H,14,15). The van der Waals surface area contributed by atoms with Gasteiger partial charge in [0.1, 0.15) is 5.82 Å². The second-order valence-electron chi connectivity index (χ2n) is 4.97. The molecule has 0 spiro atoms. The van der Waals surface area contributed by atoms with E-state index < -0.39 is 0 Å². The molecule has 1 aromatic rings. The minimum Gasteiger partial charge on any atom is -0.377 e. The summed E-state index contributed by atoms with van der Waals surface area (Å²) in [5.74, 6) is 0.616. The summed E-state index contributed by atoms with van der Waals surface area (Å²) in [7, 11) is 1.77. The van der Waals surface area contributed by atoms with Crippen LogP contribution in [0.5, 0.6) is 0 Å². The molecule has 1 fully saturated rings. The zero-order valence-electron chi connectivity index (χ0n) is 11.1. The molecule has 1 N–H and O–H groups in total. The Hall–Kier alpha value is -1.62. The van der Waals surface area contributed by atoms with Crippen molar-refractivity contribution in [1.82, 2.24) is 9.88 Å². The summed E-state index contributed by atoms with van der Waals surface area (Å²) in [5.41, 5.74) is 0.325. The average Bonchev–Trinajstić information content (AvgIpc) is 2.37. The molecule has 1 amide bonds. The molecule has 2 heterocycles. The number of nitrogens with one attached hydrogen (secondary N) is 1. The molecule has 98 valence electrons. The SMILES string of the molecule is CNc1ncccc1C(=O)N1CCOCC1(C)C. The summed E-state index contributed by atoms with van der Waals surface area (Å²) < 4.78 is 5.43. The van der Waals surface area contributed by atoms with Gasteiger partial charge in [-0.2, -0.15) is 0 Å². The van der Waals surface area contributed by atoms with Gasteiger partial charge in [0.2, 0.25) is 0 Å². The van der Waals surface area contributed by atoms with Crippen molar-refractivity contribution in [2.75, 3.05) is 32.1 Å². The van der Waals surface area contributed by atoms with Crippen molar-refractivity contribution in [3.63, 3.8) is 0 Å². The lowest BCUT2D eigenvalue weighted by Crippen LogP contribution is -2.55. The monoisotopic (exact) mass is 249 g/mol. The average molecular weight is 249 g/mol. The minimum absolute atomic E-state index is 0.000694. The third-order valence-electron chi connectivity index (χ3n) is 3.17. The van der Waals surface area contributed by atoms with Gasteiger partial charge in [-0.05, 0) is 26.0 Å². The number of nitrogens with zero attached hydrogens (tertiary/aromatic N) is 2. The lowest BCUT2D eigenvalue weighted by atomic mass is 10.0. The highest BCUT2D eigenvalue weighted by molar-refractivity contribution is 5.99. The fraction of sp³-hybridized carbons (Fsp3) is 0.538. The first-order valence-corrected chi connectivity index (χ1v) is 6.09. The molecule has 0 atom stereocenters. The Morgan fingerprint density at radius 3 is 3.00 bits per heavy atom. The van der Waals surface area contributed by atoms with Crippen molar-refractivity contribution in [3.05, 3.63) is 23.9 Å². The van der Waals surface area contributed by atoms with Crippen LogP contribution in [0.25, 0.3) is 0 Å². The number of hydrogen-bond donors (Lipinski definition) is 1. The van der Waals surface area contributed by atoms with E-state index in [1.165, 1.54) is 0 Å². The summed E-state index contributed by atoms with van der Waals surface area (Å²) in [6.07, 6.45) is 1.67. The van der Waals surface area contributed by atoms with Crippen LogP contribution in [-0.2, 0) is 4.74 Å². The Balaban J connectivity index is 2.30. The number of amides is 1. The number of anilines is 1. The van der Waals surface area contributed by atoms with Gasteiger partial charge >= 0.3 is 0 Å². The molecule has 5 heteroatoms. The predicted molar refractivity (Wildman–Crippen MR) is 69.7 cm³/mol. The van der Waals surface area contributed by atoms with E-state index in [4.69, 9.17) is 4.74 Å². The Bertz CT molecular complexity index is 446. The molecule has 2 rings (SSSR count). The van der Waals surface area contributed by atoms with Gasteiger partial charge in [0.15, 0.2) is 0 Å². The van der Waals surface area contributed by atoms with Crippen LogP contribution >= 0.6 is 0 Å². The molecule has 0 unspecified atom stereocenters. The smallest absolute Gasteiger partial charge is 0.258 e. The van der Waals surface area contributed by atoms with Crippen LogP contribution in [0.1, 0.15) is 24.2 Å². The van der Waals surface area contributed by atoms with Crippen molar-refractivity contribution in [3.8, 4) is 0 Å². The normalized spacial score (nSPS) is 18.5. The van der Waals surface area contributed by atoms with Gasteiger partial charge in [-0.25, -0.2) is 4.98 Å². The van der Waals surface area contributed by atoms with Crippen molar-refractivity contribution in [1.29, 1.82) is 0 Å². The number of ether oxygens (including phenoxy) is 1. The Labute approximate surface area is 107 Å². The highest BCUT2D eigenvalue weighted by Crippen LogP contribution is 2.23. The predicted octanol–water partition coefficient (Wildman–Crippen LogP) is 1.37. The van der Waals surface area contributed by atoms with E-state index in [1.54, 1.807) is 25.4 Å². The van der Waals surface area contributed by atoms with Gasteiger partial charge in [0, 0.05) is 19.8 Å². The number of carbonyl (C=O) groups excluding carboxylic acids is 1. The van der Waals surface area contributed by atoms with E-state index in [1.807, 2.05) is 18.7 Å². The number of hydrogen-bond acceptors (Lipinski definition) is 4. The van der Waals surface area contributed by atoms with Gasteiger partial charge < -0.3 is 15.0 Å².